The normalized spacial score (nSPS) is 23.2. The van der Waals surface area contributed by atoms with Gasteiger partial charge in [0.2, 0.25) is 5.96 Å². The first-order valence-electron chi connectivity index (χ1n) is 5.96. The van der Waals surface area contributed by atoms with Gasteiger partial charge in [0.25, 0.3) is 0 Å². The zero-order valence-electron chi connectivity index (χ0n) is 9.61. The lowest BCUT2D eigenvalue weighted by molar-refractivity contribution is 0.311. The summed E-state index contributed by atoms with van der Waals surface area (Å²) in [6.45, 7) is 4.26. The van der Waals surface area contributed by atoms with E-state index in [0.29, 0.717) is 6.04 Å². The predicted octanol–water partition coefficient (Wildman–Crippen LogP) is -0.393. The van der Waals surface area contributed by atoms with Crippen molar-refractivity contribution in [2.75, 3.05) is 37.7 Å². The first-order chi connectivity index (χ1) is 7.88. The van der Waals surface area contributed by atoms with Crippen molar-refractivity contribution < 1.29 is 0 Å². The SMILES string of the molecule is NNC(=NCCN1CCSCC1)NC1CC1. The lowest BCUT2D eigenvalue weighted by Gasteiger charge is -2.25. The fraction of sp³-hybridized carbons (Fsp3) is 0.900. The summed E-state index contributed by atoms with van der Waals surface area (Å²) in [5, 5.41) is 3.27. The number of hydrazine groups is 1. The lowest BCUT2D eigenvalue weighted by Crippen LogP contribution is -2.43. The standard InChI is InChI=1S/C10H21N5S/c11-14-10(13-9-1-2-9)12-3-4-15-5-7-16-8-6-15/h9H,1-8,11H2,(H2,12,13,14). The molecule has 0 aromatic rings. The van der Waals surface area contributed by atoms with Gasteiger partial charge in [-0.05, 0) is 12.8 Å². The van der Waals surface area contributed by atoms with Crippen molar-refractivity contribution in [2.24, 2.45) is 10.8 Å². The molecule has 1 saturated heterocycles. The Kier molecular flexibility index (Phi) is 4.74. The molecule has 0 radical (unpaired) electrons. The summed E-state index contributed by atoms with van der Waals surface area (Å²) in [5.74, 6) is 8.66. The maximum Gasteiger partial charge on any atom is 0.205 e. The number of nitrogens with one attached hydrogen (secondary N) is 2. The van der Waals surface area contributed by atoms with Gasteiger partial charge in [-0.2, -0.15) is 11.8 Å². The molecule has 0 atom stereocenters. The quantitative estimate of drug-likeness (QED) is 0.271. The van der Waals surface area contributed by atoms with Crippen molar-refractivity contribution in [2.45, 2.75) is 18.9 Å². The van der Waals surface area contributed by atoms with Crippen molar-refractivity contribution >= 4 is 17.7 Å². The van der Waals surface area contributed by atoms with E-state index in [0.717, 1.165) is 19.0 Å². The first-order valence-corrected chi connectivity index (χ1v) is 7.11. The van der Waals surface area contributed by atoms with Gasteiger partial charge in [-0.1, -0.05) is 0 Å². The van der Waals surface area contributed by atoms with Gasteiger partial charge in [0.05, 0.1) is 6.54 Å². The van der Waals surface area contributed by atoms with E-state index in [2.05, 4.69) is 20.6 Å². The molecule has 2 fully saturated rings. The van der Waals surface area contributed by atoms with E-state index in [9.17, 15) is 0 Å². The zero-order valence-corrected chi connectivity index (χ0v) is 10.4. The summed E-state index contributed by atoms with van der Waals surface area (Å²) in [7, 11) is 0. The van der Waals surface area contributed by atoms with Crippen molar-refractivity contribution in [1.29, 1.82) is 0 Å². The van der Waals surface area contributed by atoms with Gasteiger partial charge >= 0.3 is 0 Å². The van der Waals surface area contributed by atoms with E-state index in [4.69, 9.17) is 5.84 Å². The van der Waals surface area contributed by atoms with Gasteiger partial charge in [-0.3, -0.25) is 15.3 Å². The van der Waals surface area contributed by atoms with Crippen LogP contribution in [0.15, 0.2) is 4.99 Å². The largest absolute Gasteiger partial charge is 0.353 e. The minimum Gasteiger partial charge on any atom is -0.353 e. The van der Waals surface area contributed by atoms with Gasteiger partial charge in [0.1, 0.15) is 0 Å². The number of nitrogens with two attached hydrogens (primary N) is 1. The minimum absolute atomic E-state index is 0.598. The number of hydrogen-bond donors (Lipinski definition) is 3. The molecule has 92 valence electrons. The Hall–Kier alpha value is -0.460. The molecule has 1 heterocycles. The average molecular weight is 243 g/mol. The van der Waals surface area contributed by atoms with Crippen LogP contribution in [0.4, 0.5) is 0 Å². The van der Waals surface area contributed by atoms with Crippen molar-refractivity contribution in [3.8, 4) is 0 Å². The van der Waals surface area contributed by atoms with Crippen molar-refractivity contribution in [3.05, 3.63) is 0 Å². The predicted molar refractivity (Wildman–Crippen MR) is 69.5 cm³/mol. The number of nitrogens with zero attached hydrogens (tertiary/aromatic N) is 2. The van der Waals surface area contributed by atoms with E-state index < -0.39 is 0 Å². The summed E-state index contributed by atoms with van der Waals surface area (Å²) in [4.78, 5) is 6.90. The monoisotopic (exact) mass is 243 g/mol. The van der Waals surface area contributed by atoms with Crippen LogP contribution in [0.5, 0.6) is 0 Å². The molecule has 16 heavy (non-hydrogen) atoms. The molecule has 0 unspecified atom stereocenters. The lowest BCUT2D eigenvalue weighted by atomic mass is 10.4. The molecular formula is C10H21N5S. The highest BCUT2D eigenvalue weighted by Gasteiger charge is 2.21. The van der Waals surface area contributed by atoms with Crippen LogP contribution < -0.4 is 16.6 Å². The molecule has 1 aliphatic carbocycles. The maximum atomic E-state index is 5.41. The van der Waals surface area contributed by atoms with Crippen LogP contribution in [0.25, 0.3) is 0 Å². The Morgan fingerprint density at radius 2 is 2.12 bits per heavy atom. The van der Waals surface area contributed by atoms with Crippen LogP contribution in [-0.4, -0.2) is 54.6 Å². The maximum absolute atomic E-state index is 5.41. The van der Waals surface area contributed by atoms with Gasteiger partial charge in [0.15, 0.2) is 0 Å². The molecule has 1 saturated carbocycles. The number of guanidine groups is 1. The van der Waals surface area contributed by atoms with Gasteiger partial charge in [0, 0.05) is 37.2 Å². The molecule has 2 rings (SSSR count). The third kappa shape index (κ3) is 4.19. The highest BCUT2D eigenvalue weighted by Crippen LogP contribution is 2.18. The molecule has 1 aliphatic heterocycles. The van der Waals surface area contributed by atoms with Gasteiger partial charge < -0.3 is 5.32 Å². The molecule has 0 spiro atoms. The summed E-state index contributed by atoms with van der Waals surface area (Å²) < 4.78 is 0. The van der Waals surface area contributed by atoms with Crippen LogP contribution >= 0.6 is 11.8 Å². The number of thioether (sulfide) groups is 1. The van der Waals surface area contributed by atoms with E-state index in [1.165, 1.54) is 37.4 Å². The summed E-state index contributed by atoms with van der Waals surface area (Å²) >= 11 is 2.04. The second kappa shape index (κ2) is 6.32. The summed E-state index contributed by atoms with van der Waals surface area (Å²) in [6, 6.07) is 0.598. The Morgan fingerprint density at radius 1 is 1.38 bits per heavy atom. The van der Waals surface area contributed by atoms with Crippen molar-refractivity contribution in [1.82, 2.24) is 15.6 Å². The third-order valence-corrected chi connectivity index (χ3v) is 3.79. The molecule has 4 N–H and O–H groups in total. The fourth-order valence-corrected chi connectivity index (χ4v) is 2.66. The second-order valence-corrected chi connectivity index (χ2v) is 5.47. The molecule has 0 amide bonds. The van der Waals surface area contributed by atoms with Gasteiger partial charge in [-0.15, -0.1) is 0 Å². The molecule has 2 aliphatic rings. The summed E-state index contributed by atoms with van der Waals surface area (Å²) in [6.07, 6.45) is 2.48. The number of hydrogen-bond acceptors (Lipinski definition) is 4. The topological polar surface area (TPSA) is 65.7 Å². The Balaban J connectivity index is 1.64. The number of aliphatic imine (C=N–C) groups is 1. The Morgan fingerprint density at radius 3 is 2.75 bits per heavy atom. The van der Waals surface area contributed by atoms with Crippen molar-refractivity contribution in [3.63, 3.8) is 0 Å². The van der Waals surface area contributed by atoms with Crippen LogP contribution in [0.2, 0.25) is 0 Å². The average Bonchev–Trinajstić information content (AvgIpc) is 3.13. The zero-order chi connectivity index (χ0) is 11.2. The molecule has 5 nitrogen and oxygen atoms in total. The van der Waals surface area contributed by atoms with E-state index in [1.54, 1.807) is 0 Å². The fourth-order valence-electron chi connectivity index (χ4n) is 1.68. The Bertz CT molecular complexity index is 235. The van der Waals surface area contributed by atoms with E-state index in [1.807, 2.05) is 11.8 Å². The highest BCUT2D eigenvalue weighted by atomic mass is 32.2. The Labute approximate surface area is 101 Å². The molecule has 0 bridgehead atoms. The molecule has 0 aromatic heterocycles. The molecule has 0 aromatic carbocycles. The first kappa shape index (κ1) is 12.0. The second-order valence-electron chi connectivity index (χ2n) is 4.25. The van der Waals surface area contributed by atoms with Crippen LogP contribution in [0.3, 0.4) is 0 Å². The minimum atomic E-state index is 0.598. The van der Waals surface area contributed by atoms with Gasteiger partial charge in [-0.25, -0.2) is 5.84 Å². The molecular weight excluding hydrogens is 222 g/mol. The molecule has 6 heteroatoms. The third-order valence-electron chi connectivity index (χ3n) is 2.84. The van der Waals surface area contributed by atoms with Crippen LogP contribution in [-0.2, 0) is 0 Å². The smallest absolute Gasteiger partial charge is 0.205 e. The van der Waals surface area contributed by atoms with E-state index >= 15 is 0 Å². The van der Waals surface area contributed by atoms with Crippen LogP contribution in [0.1, 0.15) is 12.8 Å². The summed E-state index contributed by atoms with van der Waals surface area (Å²) in [5.41, 5.74) is 2.63. The van der Waals surface area contributed by atoms with E-state index in [-0.39, 0.29) is 0 Å². The number of rotatable bonds is 4. The highest BCUT2D eigenvalue weighted by molar-refractivity contribution is 7.99. The van der Waals surface area contributed by atoms with Crippen LogP contribution in [0, 0.1) is 0 Å².